The number of hydrogen-bond acceptors (Lipinski definition) is 4. The van der Waals surface area contributed by atoms with Crippen LogP contribution in [0.4, 0.5) is 5.95 Å². The van der Waals surface area contributed by atoms with Crippen LogP contribution in [0.5, 0.6) is 5.75 Å². The summed E-state index contributed by atoms with van der Waals surface area (Å²) in [5, 5.41) is 0. The van der Waals surface area contributed by atoms with Gasteiger partial charge in [-0.15, -0.1) is 0 Å². The number of benzene rings is 1. The second-order valence-electron chi connectivity index (χ2n) is 5.33. The molecule has 5 heteroatoms. The fourth-order valence-electron chi connectivity index (χ4n) is 2.10. The Hall–Kier alpha value is -1.75. The zero-order valence-corrected chi connectivity index (χ0v) is 12.6. The maximum Gasteiger partial charge on any atom is 0.201 e. The Morgan fingerprint density at radius 3 is 2.60 bits per heavy atom. The van der Waals surface area contributed by atoms with E-state index in [1.165, 1.54) is 0 Å². The van der Waals surface area contributed by atoms with Crippen LogP contribution in [0.25, 0.3) is 11.0 Å². The number of anilines is 1. The number of fused-ring (bicyclic) bond motifs is 1. The lowest BCUT2D eigenvalue weighted by molar-refractivity contribution is 0.0735. The molecular weight excluding hydrogens is 254 g/mol. The molecule has 1 aromatic carbocycles. The first-order valence-electron chi connectivity index (χ1n) is 7.02. The van der Waals surface area contributed by atoms with E-state index >= 15 is 0 Å². The van der Waals surface area contributed by atoms with E-state index in [0.717, 1.165) is 16.8 Å². The third-order valence-electron chi connectivity index (χ3n) is 2.90. The van der Waals surface area contributed by atoms with Gasteiger partial charge in [0.05, 0.1) is 24.3 Å². The maximum atomic E-state index is 6.01. The SMILES string of the molecule is CC(C)OCCn1c(N)nc2c(OC(C)C)cccc21. The number of ether oxygens (including phenoxy) is 2. The van der Waals surface area contributed by atoms with E-state index < -0.39 is 0 Å². The van der Waals surface area contributed by atoms with Crippen LogP contribution in [0.3, 0.4) is 0 Å². The fraction of sp³-hybridized carbons (Fsp3) is 0.533. The average Bonchev–Trinajstić information content (AvgIpc) is 2.66. The molecular formula is C15H23N3O2. The number of aromatic nitrogens is 2. The monoisotopic (exact) mass is 277 g/mol. The Balaban J connectivity index is 2.29. The summed E-state index contributed by atoms with van der Waals surface area (Å²) in [6.07, 6.45) is 0.321. The topological polar surface area (TPSA) is 62.3 Å². The second-order valence-corrected chi connectivity index (χ2v) is 5.33. The first kappa shape index (κ1) is 14.7. The van der Waals surface area contributed by atoms with Gasteiger partial charge < -0.3 is 19.8 Å². The molecule has 0 saturated heterocycles. The van der Waals surface area contributed by atoms with E-state index in [9.17, 15) is 0 Å². The molecule has 20 heavy (non-hydrogen) atoms. The third kappa shape index (κ3) is 3.22. The van der Waals surface area contributed by atoms with Crippen LogP contribution < -0.4 is 10.5 Å². The molecule has 1 aromatic heterocycles. The van der Waals surface area contributed by atoms with Crippen molar-refractivity contribution in [1.29, 1.82) is 0 Å². The molecule has 0 spiro atoms. The second kappa shape index (κ2) is 6.13. The Kier molecular flexibility index (Phi) is 4.49. The smallest absolute Gasteiger partial charge is 0.201 e. The minimum Gasteiger partial charge on any atom is -0.489 e. The number of imidazole rings is 1. The van der Waals surface area contributed by atoms with E-state index in [4.69, 9.17) is 15.2 Å². The van der Waals surface area contributed by atoms with Gasteiger partial charge in [0, 0.05) is 6.54 Å². The van der Waals surface area contributed by atoms with Gasteiger partial charge >= 0.3 is 0 Å². The Morgan fingerprint density at radius 1 is 1.20 bits per heavy atom. The number of rotatable bonds is 6. The van der Waals surface area contributed by atoms with Crippen molar-refractivity contribution in [3.8, 4) is 5.75 Å². The molecule has 0 bridgehead atoms. The molecule has 5 nitrogen and oxygen atoms in total. The van der Waals surface area contributed by atoms with E-state index in [-0.39, 0.29) is 12.2 Å². The van der Waals surface area contributed by atoms with Crippen molar-refractivity contribution in [2.24, 2.45) is 0 Å². The Bertz CT molecular complexity index is 576. The highest BCUT2D eigenvalue weighted by atomic mass is 16.5. The van der Waals surface area contributed by atoms with E-state index in [1.54, 1.807) is 0 Å². The summed E-state index contributed by atoms with van der Waals surface area (Å²) >= 11 is 0. The third-order valence-corrected chi connectivity index (χ3v) is 2.90. The molecule has 0 atom stereocenters. The van der Waals surface area contributed by atoms with Gasteiger partial charge in [-0.3, -0.25) is 0 Å². The van der Waals surface area contributed by atoms with Gasteiger partial charge in [-0.05, 0) is 39.8 Å². The highest BCUT2D eigenvalue weighted by Gasteiger charge is 2.13. The molecule has 1 heterocycles. The van der Waals surface area contributed by atoms with Crippen LogP contribution in [0, 0.1) is 0 Å². The summed E-state index contributed by atoms with van der Waals surface area (Å²) in [4.78, 5) is 4.42. The predicted octanol–water partition coefficient (Wildman–Crippen LogP) is 2.83. The summed E-state index contributed by atoms with van der Waals surface area (Å²) in [5.74, 6) is 1.26. The number of hydrogen-bond donors (Lipinski definition) is 1. The zero-order chi connectivity index (χ0) is 14.7. The minimum atomic E-state index is 0.108. The standard InChI is InChI=1S/C15H23N3O2/c1-10(2)19-9-8-18-12-6-5-7-13(20-11(3)4)14(12)17-15(18)16/h5-7,10-11H,8-9H2,1-4H3,(H2,16,17). The van der Waals surface area contributed by atoms with Crippen LogP contribution in [0.1, 0.15) is 27.7 Å². The highest BCUT2D eigenvalue weighted by Crippen LogP contribution is 2.27. The Labute approximate surface area is 119 Å². The molecule has 0 fully saturated rings. The molecule has 0 aliphatic carbocycles. The van der Waals surface area contributed by atoms with Crippen LogP contribution in [-0.2, 0) is 11.3 Å². The van der Waals surface area contributed by atoms with Gasteiger partial charge in [-0.1, -0.05) is 6.07 Å². The number of nitrogens with zero attached hydrogens (tertiary/aromatic N) is 2. The van der Waals surface area contributed by atoms with Crippen LogP contribution in [0.15, 0.2) is 18.2 Å². The first-order chi connectivity index (χ1) is 9.49. The number of para-hydroxylation sites is 1. The lowest BCUT2D eigenvalue weighted by Crippen LogP contribution is -2.12. The van der Waals surface area contributed by atoms with Gasteiger partial charge in [0.25, 0.3) is 0 Å². The number of nitrogen functional groups attached to an aromatic ring is 1. The molecule has 0 aliphatic rings. The van der Waals surface area contributed by atoms with Gasteiger partial charge in [0.1, 0.15) is 11.3 Å². The lowest BCUT2D eigenvalue weighted by Gasteiger charge is -2.11. The fourth-order valence-corrected chi connectivity index (χ4v) is 2.10. The van der Waals surface area contributed by atoms with E-state index in [2.05, 4.69) is 4.98 Å². The van der Waals surface area contributed by atoms with Crippen LogP contribution in [0.2, 0.25) is 0 Å². The van der Waals surface area contributed by atoms with Crippen molar-refractivity contribution in [3.63, 3.8) is 0 Å². The van der Waals surface area contributed by atoms with Crippen molar-refractivity contribution >= 4 is 17.0 Å². The summed E-state index contributed by atoms with van der Waals surface area (Å²) in [6, 6.07) is 5.88. The summed E-state index contributed by atoms with van der Waals surface area (Å²) in [6.45, 7) is 9.33. The summed E-state index contributed by atoms with van der Waals surface area (Å²) < 4.78 is 13.3. The van der Waals surface area contributed by atoms with Crippen LogP contribution in [-0.4, -0.2) is 28.4 Å². The first-order valence-corrected chi connectivity index (χ1v) is 7.02. The normalized spacial score (nSPS) is 11.7. The van der Waals surface area contributed by atoms with E-state index in [1.807, 2.05) is 50.5 Å². The van der Waals surface area contributed by atoms with Gasteiger partial charge in [-0.2, -0.15) is 0 Å². The van der Waals surface area contributed by atoms with Crippen molar-refractivity contribution in [3.05, 3.63) is 18.2 Å². The van der Waals surface area contributed by atoms with Crippen LogP contribution >= 0.6 is 0 Å². The molecule has 110 valence electrons. The molecule has 0 amide bonds. The zero-order valence-electron chi connectivity index (χ0n) is 12.6. The molecule has 0 saturated carbocycles. The van der Waals surface area contributed by atoms with Crippen molar-refractivity contribution < 1.29 is 9.47 Å². The van der Waals surface area contributed by atoms with E-state index in [0.29, 0.717) is 19.1 Å². The Morgan fingerprint density at radius 2 is 1.95 bits per heavy atom. The highest BCUT2D eigenvalue weighted by molar-refractivity contribution is 5.84. The maximum absolute atomic E-state index is 6.01. The quantitative estimate of drug-likeness (QED) is 0.882. The predicted molar refractivity (Wildman–Crippen MR) is 81.0 cm³/mol. The largest absolute Gasteiger partial charge is 0.489 e. The van der Waals surface area contributed by atoms with Gasteiger partial charge in [0.15, 0.2) is 0 Å². The summed E-state index contributed by atoms with van der Waals surface area (Å²) in [5.41, 5.74) is 7.80. The van der Waals surface area contributed by atoms with Crippen molar-refractivity contribution in [2.75, 3.05) is 12.3 Å². The summed E-state index contributed by atoms with van der Waals surface area (Å²) in [7, 11) is 0. The number of nitrogens with two attached hydrogens (primary N) is 1. The van der Waals surface area contributed by atoms with Gasteiger partial charge in [0.2, 0.25) is 5.95 Å². The van der Waals surface area contributed by atoms with Crippen molar-refractivity contribution in [2.45, 2.75) is 46.4 Å². The molecule has 2 aromatic rings. The molecule has 2 rings (SSSR count). The molecule has 0 radical (unpaired) electrons. The minimum absolute atomic E-state index is 0.108. The molecule has 0 aliphatic heterocycles. The average molecular weight is 277 g/mol. The molecule has 0 unspecified atom stereocenters. The lowest BCUT2D eigenvalue weighted by atomic mass is 10.3. The molecule has 2 N–H and O–H groups in total. The van der Waals surface area contributed by atoms with Crippen molar-refractivity contribution in [1.82, 2.24) is 9.55 Å². The van der Waals surface area contributed by atoms with Gasteiger partial charge in [-0.25, -0.2) is 4.98 Å².